The third-order valence-electron chi connectivity index (χ3n) is 3.61. The molecule has 2 aromatic carbocycles. The molecule has 21 heavy (non-hydrogen) atoms. The summed E-state index contributed by atoms with van der Waals surface area (Å²) in [6.07, 6.45) is 0. The van der Waals surface area contributed by atoms with E-state index >= 15 is 0 Å². The molecule has 0 saturated heterocycles. The fourth-order valence-electron chi connectivity index (χ4n) is 2.14. The molecular formula is C18H22FNO. The zero-order valence-corrected chi connectivity index (χ0v) is 12.8. The van der Waals surface area contributed by atoms with Gasteiger partial charge in [-0.3, -0.25) is 0 Å². The summed E-state index contributed by atoms with van der Waals surface area (Å²) in [5.41, 5.74) is 8.95. The Morgan fingerprint density at radius 1 is 1.05 bits per heavy atom. The number of rotatable bonds is 5. The Morgan fingerprint density at radius 2 is 1.67 bits per heavy atom. The fourth-order valence-corrected chi connectivity index (χ4v) is 2.14. The fraction of sp³-hybridized carbons (Fsp3) is 0.333. The Kier molecular flexibility index (Phi) is 4.97. The van der Waals surface area contributed by atoms with E-state index in [0.29, 0.717) is 11.5 Å². The lowest BCUT2D eigenvalue weighted by Gasteiger charge is -2.15. The molecule has 0 amide bonds. The van der Waals surface area contributed by atoms with Gasteiger partial charge in [-0.05, 0) is 35.6 Å². The molecule has 0 heterocycles. The second-order valence-corrected chi connectivity index (χ2v) is 5.63. The van der Waals surface area contributed by atoms with Crippen molar-refractivity contribution in [1.82, 2.24) is 0 Å². The summed E-state index contributed by atoms with van der Waals surface area (Å²) in [7, 11) is 0. The summed E-state index contributed by atoms with van der Waals surface area (Å²) in [6, 6.07) is 13.0. The Bertz CT molecular complexity index is 593. The molecule has 0 saturated carbocycles. The van der Waals surface area contributed by atoms with Gasteiger partial charge in [0.15, 0.2) is 11.6 Å². The molecule has 0 spiro atoms. The highest BCUT2D eigenvalue weighted by atomic mass is 19.1. The van der Waals surface area contributed by atoms with Crippen LogP contribution in [-0.4, -0.2) is 6.61 Å². The predicted octanol–water partition coefficient (Wildman–Crippen LogP) is 4.34. The summed E-state index contributed by atoms with van der Waals surface area (Å²) in [4.78, 5) is 0. The Balaban J connectivity index is 2.01. The van der Waals surface area contributed by atoms with Crippen LogP contribution in [0.25, 0.3) is 0 Å². The molecule has 0 aliphatic rings. The number of hydrogen-bond acceptors (Lipinski definition) is 2. The zero-order valence-electron chi connectivity index (χ0n) is 12.8. The first-order chi connectivity index (χ1) is 9.99. The van der Waals surface area contributed by atoms with Crippen LogP contribution in [0.5, 0.6) is 5.75 Å². The SMILES string of the molecule is Cc1cccc(OCC(N)c2ccc(C(C)C)cc2)c1F. The van der Waals surface area contributed by atoms with Gasteiger partial charge in [-0.15, -0.1) is 0 Å². The van der Waals surface area contributed by atoms with Crippen LogP contribution in [-0.2, 0) is 0 Å². The molecule has 2 N–H and O–H groups in total. The molecule has 0 aliphatic heterocycles. The van der Waals surface area contributed by atoms with E-state index in [9.17, 15) is 4.39 Å². The van der Waals surface area contributed by atoms with Crippen molar-refractivity contribution < 1.29 is 9.13 Å². The monoisotopic (exact) mass is 287 g/mol. The molecule has 1 atom stereocenters. The molecule has 1 unspecified atom stereocenters. The van der Waals surface area contributed by atoms with Crippen LogP contribution in [0, 0.1) is 12.7 Å². The van der Waals surface area contributed by atoms with Gasteiger partial charge in [-0.2, -0.15) is 0 Å². The second kappa shape index (κ2) is 6.72. The average molecular weight is 287 g/mol. The second-order valence-electron chi connectivity index (χ2n) is 5.63. The van der Waals surface area contributed by atoms with Crippen molar-refractivity contribution in [1.29, 1.82) is 0 Å². The van der Waals surface area contributed by atoms with Gasteiger partial charge in [-0.25, -0.2) is 4.39 Å². The van der Waals surface area contributed by atoms with Crippen LogP contribution in [0.15, 0.2) is 42.5 Å². The normalized spacial score (nSPS) is 12.5. The van der Waals surface area contributed by atoms with Crippen molar-refractivity contribution in [2.45, 2.75) is 32.7 Å². The Hall–Kier alpha value is -1.87. The molecule has 0 aromatic heterocycles. The van der Waals surface area contributed by atoms with Crippen molar-refractivity contribution in [2.75, 3.05) is 6.61 Å². The van der Waals surface area contributed by atoms with Crippen LogP contribution in [0.2, 0.25) is 0 Å². The Labute approximate surface area is 125 Å². The topological polar surface area (TPSA) is 35.2 Å². The van der Waals surface area contributed by atoms with Crippen molar-refractivity contribution >= 4 is 0 Å². The summed E-state index contributed by atoms with van der Waals surface area (Å²) in [5.74, 6) is 0.428. The quantitative estimate of drug-likeness (QED) is 0.888. The van der Waals surface area contributed by atoms with Gasteiger partial charge in [0, 0.05) is 0 Å². The van der Waals surface area contributed by atoms with E-state index in [1.807, 2.05) is 12.1 Å². The number of ether oxygens (including phenoxy) is 1. The van der Waals surface area contributed by atoms with E-state index in [-0.39, 0.29) is 24.2 Å². The third kappa shape index (κ3) is 3.82. The lowest BCUT2D eigenvalue weighted by molar-refractivity contribution is 0.277. The number of halogens is 1. The lowest BCUT2D eigenvalue weighted by atomic mass is 9.99. The first kappa shape index (κ1) is 15.5. The molecule has 3 heteroatoms. The van der Waals surface area contributed by atoms with Gasteiger partial charge in [0.05, 0.1) is 6.04 Å². The van der Waals surface area contributed by atoms with Crippen molar-refractivity contribution in [3.05, 3.63) is 65.0 Å². The van der Waals surface area contributed by atoms with Crippen LogP contribution in [0.1, 0.15) is 42.5 Å². The molecule has 2 nitrogen and oxygen atoms in total. The molecular weight excluding hydrogens is 265 g/mol. The highest BCUT2D eigenvalue weighted by Crippen LogP contribution is 2.22. The van der Waals surface area contributed by atoms with Gasteiger partial charge in [0.1, 0.15) is 6.61 Å². The largest absolute Gasteiger partial charge is 0.489 e. The van der Waals surface area contributed by atoms with Gasteiger partial charge >= 0.3 is 0 Å². The average Bonchev–Trinajstić information content (AvgIpc) is 2.48. The number of nitrogens with two attached hydrogens (primary N) is 1. The minimum Gasteiger partial charge on any atom is -0.489 e. The molecule has 2 rings (SSSR count). The summed E-state index contributed by atoms with van der Waals surface area (Å²) >= 11 is 0. The minimum atomic E-state index is -0.320. The van der Waals surface area contributed by atoms with E-state index in [2.05, 4.69) is 26.0 Å². The smallest absolute Gasteiger partial charge is 0.167 e. The van der Waals surface area contributed by atoms with E-state index in [1.54, 1.807) is 25.1 Å². The van der Waals surface area contributed by atoms with E-state index in [0.717, 1.165) is 5.56 Å². The summed E-state index contributed by atoms with van der Waals surface area (Å²) in [5, 5.41) is 0. The maximum Gasteiger partial charge on any atom is 0.167 e. The third-order valence-corrected chi connectivity index (χ3v) is 3.61. The first-order valence-electron chi connectivity index (χ1n) is 7.22. The van der Waals surface area contributed by atoms with Crippen molar-refractivity contribution in [3.63, 3.8) is 0 Å². The standard InChI is InChI=1S/C18H22FNO/c1-12(2)14-7-9-15(10-8-14)16(20)11-21-17-6-4-5-13(3)18(17)19/h4-10,12,16H,11,20H2,1-3H3. The van der Waals surface area contributed by atoms with Crippen LogP contribution < -0.4 is 10.5 Å². The van der Waals surface area contributed by atoms with Gasteiger partial charge in [-0.1, -0.05) is 50.2 Å². The lowest BCUT2D eigenvalue weighted by Crippen LogP contribution is -2.19. The first-order valence-corrected chi connectivity index (χ1v) is 7.22. The molecule has 0 fully saturated rings. The molecule has 0 aliphatic carbocycles. The molecule has 112 valence electrons. The molecule has 0 bridgehead atoms. The van der Waals surface area contributed by atoms with Crippen molar-refractivity contribution in [3.8, 4) is 5.75 Å². The molecule has 0 radical (unpaired) electrons. The minimum absolute atomic E-state index is 0.251. The van der Waals surface area contributed by atoms with Gasteiger partial charge < -0.3 is 10.5 Å². The van der Waals surface area contributed by atoms with E-state index < -0.39 is 0 Å². The number of hydrogen-bond donors (Lipinski definition) is 1. The van der Waals surface area contributed by atoms with Gasteiger partial charge in [0.2, 0.25) is 0 Å². The maximum absolute atomic E-state index is 13.8. The number of aryl methyl sites for hydroxylation is 1. The van der Waals surface area contributed by atoms with Gasteiger partial charge in [0.25, 0.3) is 0 Å². The van der Waals surface area contributed by atoms with Crippen LogP contribution in [0.4, 0.5) is 4.39 Å². The summed E-state index contributed by atoms with van der Waals surface area (Å²) in [6.45, 7) is 6.27. The highest BCUT2D eigenvalue weighted by Gasteiger charge is 2.11. The van der Waals surface area contributed by atoms with E-state index in [4.69, 9.17) is 10.5 Å². The van der Waals surface area contributed by atoms with Crippen LogP contribution in [0.3, 0.4) is 0 Å². The van der Waals surface area contributed by atoms with Crippen molar-refractivity contribution in [2.24, 2.45) is 5.73 Å². The zero-order chi connectivity index (χ0) is 15.4. The van der Waals surface area contributed by atoms with Crippen LogP contribution >= 0.6 is 0 Å². The van der Waals surface area contributed by atoms with E-state index in [1.165, 1.54) is 5.56 Å². The molecule has 2 aromatic rings. The maximum atomic E-state index is 13.8. The predicted molar refractivity (Wildman–Crippen MR) is 84.1 cm³/mol. The highest BCUT2D eigenvalue weighted by molar-refractivity contribution is 5.31. The summed E-state index contributed by atoms with van der Waals surface area (Å²) < 4.78 is 19.3. The number of benzene rings is 2. The Morgan fingerprint density at radius 3 is 2.29 bits per heavy atom.